The van der Waals surface area contributed by atoms with Crippen LogP contribution in [0.3, 0.4) is 0 Å². The molecule has 0 amide bonds. The summed E-state index contributed by atoms with van der Waals surface area (Å²) in [4.78, 5) is 7.99. The van der Waals surface area contributed by atoms with E-state index >= 15 is 0 Å². The Balaban J connectivity index is 2.89. The van der Waals surface area contributed by atoms with E-state index in [2.05, 4.69) is 15.9 Å². The monoisotopic (exact) mass is 143 g/mol. The van der Waals surface area contributed by atoms with E-state index in [9.17, 15) is 0 Å². The fraction of sp³-hybridized carbons (Fsp3) is 0. The van der Waals surface area contributed by atoms with Gasteiger partial charge < -0.3 is 0 Å². The van der Waals surface area contributed by atoms with Crippen molar-refractivity contribution < 1.29 is 0 Å². The summed E-state index contributed by atoms with van der Waals surface area (Å²) in [7, 11) is 0. The predicted molar refractivity (Wildman–Crippen MR) is 40.9 cm³/mol. The van der Waals surface area contributed by atoms with Gasteiger partial charge >= 0.3 is 0 Å². The molecule has 0 radical (unpaired) electrons. The molecule has 3 nitrogen and oxygen atoms in total. The molecular formula is C8H5N3. The molecule has 2 rings (SSSR count). The van der Waals surface area contributed by atoms with Crippen molar-refractivity contribution in [1.82, 2.24) is 14.4 Å². The smallest absolute Gasteiger partial charge is 0.140 e. The van der Waals surface area contributed by atoms with Crippen molar-refractivity contribution in [1.29, 1.82) is 0 Å². The summed E-state index contributed by atoms with van der Waals surface area (Å²) >= 11 is 0. The lowest BCUT2D eigenvalue weighted by Crippen LogP contribution is -1.87. The van der Waals surface area contributed by atoms with Gasteiger partial charge in [-0.25, -0.2) is 9.97 Å². The number of hydrogen-bond acceptors (Lipinski definition) is 2. The van der Waals surface area contributed by atoms with E-state index in [0.717, 1.165) is 11.3 Å². The molecule has 2 aromatic heterocycles. The number of imidazole rings is 1. The van der Waals surface area contributed by atoms with Crippen molar-refractivity contribution in [3.05, 3.63) is 30.5 Å². The maximum absolute atomic E-state index is 5.22. The van der Waals surface area contributed by atoms with E-state index < -0.39 is 0 Å². The van der Waals surface area contributed by atoms with Gasteiger partial charge in [0.15, 0.2) is 0 Å². The van der Waals surface area contributed by atoms with E-state index in [1.807, 2.05) is 0 Å². The molecule has 0 atom stereocenters. The van der Waals surface area contributed by atoms with Crippen molar-refractivity contribution in [2.24, 2.45) is 0 Å². The third-order valence-electron chi connectivity index (χ3n) is 1.47. The summed E-state index contributed by atoms with van der Waals surface area (Å²) < 4.78 is 1.76. The summed E-state index contributed by atoms with van der Waals surface area (Å²) in [5.41, 5.74) is 1.56. The largest absolute Gasteiger partial charge is 0.276 e. The summed E-state index contributed by atoms with van der Waals surface area (Å²) in [6.45, 7) is 0. The summed E-state index contributed by atoms with van der Waals surface area (Å²) in [5.74, 6) is 2.51. The van der Waals surface area contributed by atoms with E-state index in [1.165, 1.54) is 0 Å². The molecule has 0 spiro atoms. The number of aromatic nitrogens is 3. The first-order chi connectivity index (χ1) is 5.42. The zero-order valence-electron chi connectivity index (χ0n) is 5.73. The Morgan fingerprint density at radius 1 is 1.55 bits per heavy atom. The van der Waals surface area contributed by atoms with Crippen LogP contribution in [0.5, 0.6) is 0 Å². The number of nitrogens with zero attached hydrogens (tertiary/aromatic N) is 3. The van der Waals surface area contributed by atoms with Gasteiger partial charge in [-0.05, 0) is 6.07 Å². The van der Waals surface area contributed by atoms with Crippen molar-refractivity contribution in [3.63, 3.8) is 0 Å². The average Bonchev–Trinajstić information content (AvgIpc) is 2.47. The topological polar surface area (TPSA) is 30.2 Å². The molecule has 0 N–H and O–H groups in total. The Morgan fingerprint density at radius 2 is 2.45 bits per heavy atom. The Kier molecular flexibility index (Phi) is 1.13. The highest BCUT2D eigenvalue weighted by molar-refractivity contribution is 5.42. The molecule has 0 bridgehead atoms. The first-order valence-electron chi connectivity index (χ1n) is 3.15. The van der Waals surface area contributed by atoms with Crippen molar-refractivity contribution in [2.75, 3.05) is 0 Å². The molecule has 0 fully saturated rings. The first kappa shape index (κ1) is 5.93. The van der Waals surface area contributed by atoms with Crippen LogP contribution in [0.15, 0.2) is 24.8 Å². The van der Waals surface area contributed by atoms with Crippen LogP contribution in [0.4, 0.5) is 0 Å². The quantitative estimate of drug-likeness (QED) is 0.508. The van der Waals surface area contributed by atoms with Crippen LogP contribution in [0, 0.1) is 12.3 Å². The lowest BCUT2D eigenvalue weighted by atomic mass is 10.5. The molecule has 0 aliphatic heterocycles. The van der Waals surface area contributed by atoms with Crippen LogP contribution in [0.2, 0.25) is 0 Å². The van der Waals surface area contributed by atoms with Gasteiger partial charge in [0.2, 0.25) is 0 Å². The standard InChI is InChI=1S/C8H5N3/c1-2-7-5-10-8-3-4-9-6-11(7)8/h1,3-6H. The highest BCUT2D eigenvalue weighted by Crippen LogP contribution is 2.01. The number of rotatable bonds is 0. The molecule has 0 unspecified atom stereocenters. The van der Waals surface area contributed by atoms with Crippen LogP contribution in [-0.4, -0.2) is 14.4 Å². The summed E-state index contributed by atoms with van der Waals surface area (Å²) in [6, 6.07) is 1.81. The average molecular weight is 143 g/mol. The van der Waals surface area contributed by atoms with Gasteiger partial charge in [0.05, 0.1) is 6.20 Å². The van der Waals surface area contributed by atoms with Crippen molar-refractivity contribution >= 4 is 5.65 Å². The molecule has 2 heterocycles. The number of fused-ring (bicyclic) bond motifs is 1. The molecule has 0 aromatic carbocycles. The summed E-state index contributed by atoms with van der Waals surface area (Å²) in [6.07, 6.45) is 10.2. The molecule has 11 heavy (non-hydrogen) atoms. The normalized spacial score (nSPS) is 9.73. The molecule has 3 heteroatoms. The predicted octanol–water partition coefficient (Wildman–Crippen LogP) is 0.711. The molecule has 0 saturated carbocycles. The zero-order chi connectivity index (χ0) is 7.68. The van der Waals surface area contributed by atoms with E-state index in [4.69, 9.17) is 6.42 Å². The maximum Gasteiger partial charge on any atom is 0.140 e. The van der Waals surface area contributed by atoms with Crippen LogP contribution in [0.1, 0.15) is 5.69 Å². The number of terminal acetylenes is 1. The fourth-order valence-corrected chi connectivity index (χ4v) is 0.941. The van der Waals surface area contributed by atoms with E-state index in [1.54, 1.807) is 29.2 Å². The van der Waals surface area contributed by atoms with Gasteiger partial charge in [0.25, 0.3) is 0 Å². The maximum atomic E-state index is 5.22. The Labute approximate surface area is 63.7 Å². The Bertz CT molecular complexity index is 422. The van der Waals surface area contributed by atoms with E-state index in [0.29, 0.717) is 0 Å². The van der Waals surface area contributed by atoms with Crippen LogP contribution < -0.4 is 0 Å². The van der Waals surface area contributed by atoms with Gasteiger partial charge in [-0.1, -0.05) is 5.92 Å². The Hall–Kier alpha value is -1.82. The lowest BCUT2D eigenvalue weighted by molar-refractivity contribution is 1.07. The van der Waals surface area contributed by atoms with Crippen molar-refractivity contribution in [3.8, 4) is 12.3 Å². The van der Waals surface area contributed by atoms with Gasteiger partial charge in [-0.15, -0.1) is 6.42 Å². The van der Waals surface area contributed by atoms with Gasteiger partial charge in [0, 0.05) is 6.20 Å². The molecule has 0 saturated heterocycles. The molecule has 0 aliphatic carbocycles. The second kappa shape index (κ2) is 2.10. The van der Waals surface area contributed by atoms with Gasteiger partial charge in [0.1, 0.15) is 17.7 Å². The minimum atomic E-state index is 0.730. The minimum absolute atomic E-state index is 0.730. The lowest BCUT2D eigenvalue weighted by Gasteiger charge is -1.90. The molecular weight excluding hydrogens is 138 g/mol. The van der Waals surface area contributed by atoms with Gasteiger partial charge in [-0.2, -0.15) is 0 Å². The third kappa shape index (κ3) is 0.767. The van der Waals surface area contributed by atoms with Crippen LogP contribution in [0.25, 0.3) is 5.65 Å². The molecule has 0 aliphatic rings. The van der Waals surface area contributed by atoms with Crippen LogP contribution >= 0.6 is 0 Å². The van der Waals surface area contributed by atoms with Gasteiger partial charge in [-0.3, -0.25) is 4.40 Å². The minimum Gasteiger partial charge on any atom is -0.276 e. The fourth-order valence-electron chi connectivity index (χ4n) is 0.941. The zero-order valence-corrected chi connectivity index (χ0v) is 5.73. The highest BCUT2D eigenvalue weighted by atomic mass is 15.0. The Morgan fingerprint density at radius 3 is 3.27 bits per heavy atom. The SMILES string of the molecule is C#Cc1cnc2ccncn12. The second-order valence-corrected chi connectivity index (χ2v) is 2.10. The van der Waals surface area contributed by atoms with Crippen LogP contribution in [-0.2, 0) is 0 Å². The van der Waals surface area contributed by atoms with Crippen molar-refractivity contribution in [2.45, 2.75) is 0 Å². The second-order valence-electron chi connectivity index (χ2n) is 2.10. The first-order valence-corrected chi connectivity index (χ1v) is 3.15. The summed E-state index contributed by atoms with van der Waals surface area (Å²) in [5, 5.41) is 0. The molecule has 52 valence electrons. The highest BCUT2D eigenvalue weighted by Gasteiger charge is 1.96. The molecule has 2 aromatic rings. The number of hydrogen-bond donors (Lipinski definition) is 0. The third-order valence-corrected chi connectivity index (χ3v) is 1.47. The van der Waals surface area contributed by atoms with E-state index in [-0.39, 0.29) is 0 Å².